The number of pyridine rings is 1. The van der Waals surface area contributed by atoms with Crippen LogP contribution in [0.25, 0.3) is 0 Å². The van der Waals surface area contributed by atoms with E-state index in [1.165, 1.54) is 19.3 Å². The maximum atomic E-state index is 13.1. The molecule has 4 bridgehead atoms. The summed E-state index contributed by atoms with van der Waals surface area (Å²) in [6.07, 6.45) is 10.4. The molecule has 7 nitrogen and oxygen atoms in total. The number of amides is 1. The van der Waals surface area contributed by atoms with Gasteiger partial charge in [0.15, 0.2) is 0 Å². The van der Waals surface area contributed by atoms with Crippen molar-refractivity contribution in [1.82, 2.24) is 10.3 Å². The summed E-state index contributed by atoms with van der Waals surface area (Å²) >= 11 is 1.65. The Balaban J connectivity index is 1.30. The molecule has 0 aromatic carbocycles. The Hall–Kier alpha value is -1.96. The number of hydrogen-bond donors (Lipinski definition) is 3. The van der Waals surface area contributed by atoms with Crippen molar-refractivity contribution in [3.63, 3.8) is 0 Å². The molecule has 5 fully saturated rings. The van der Waals surface area contributed by atoms with Crippen LogP contribution in [-0.2, 0) is 4.74 Å². The zero-order valence-electron chi connectivity index (χ0n) is 20.1. The topological polar surface area (TPSA) is 101 Å². The summed E-state index contributed by atoms with van der Waals surface area (Å²) in [7, 11) is 0. The minimum atomic E-state index is -1.15. The average molecular weight is 488 g/mol. The lowest BCUT2D eigenvalue weighted by Crippen LogP contribution is -2.60. The van der Waals surface area contributed by atoms with E-state index in [-0.39, 0.29) is 18.0 Å². The van der Waals surface area contributed by atoms with Crippen molar-refractivity contribution in [3.05, 3.63) is 17.7 Å². The van der Waals surface area contributed by atoms with Crippen LogP contribution in [0.5, 0.6) is 0 Å². The monoisotopic (exact) mass is 487 g/mol. The lowest BCUT2D eigenvalue weighted by Gasteiger charge is -2.58. The van der Waals surface area contributed by atoms with Crippen molar-refractivity contribution in [2.45, 2.75) is 100 Å². The van der Waals surface area contributed by atoms with Crippen LogP contribution < -0.4 is 10.6 Å². The molecule has 5 saturated carbocycles. The molecule has 3 N–H and O–H groups in total. The van der Waals surface area contributed by atoms with Gasteiger partial charge < -0.3 is 20.5 Å². The second-order valence-corrected chi connectivity index (χ2v) is 12.0. The van der Waals surface area contributed by atoms with Gasteiger partial charge in [0.1, 0.15) is 16.4 Å². The molecule has 0 spiro atoms. The van der Waals surface area contributed by atoms with Crippen LogP contribution >= 0.6 is 11.8 Å². The number of thioether (sulfide) groups is 1. The highest BCUT2D eigenvalue weighted by Crippen LogP contribution is 2.57. The molecule has 0 aliphatic heterocycles. The van der Waals surface area contributed by atoms with E-state index >= 15 is 0 Å². The Morgan fingerprint density at radius 3 is 2.56 bits per heavy atom. The average Bonchev–Trinajstić information content (AvgIpc) is 2.79. The van der Waals surface area contributed by atoms with E-state index in [2.05, 4.69) is 17.6 Å². The minimum Gasteiger partial charge on any atom is -0.450 e. The molecule has 0 saturated heterocycles. The number of nitrogens with zero attached hydrogens (tertiary/aromatic N) is 1. The van der Waals surface area contributed by atoms with Gasteiger partial charge in [0.05, 0.1) is 5.56 Å². The minimum absolute atomic E-state index is 0.00747. The van der Waals surface area contributed by atoms with Crippen LogP contribution in [0.15, 0.2) is 17.2 Å². The van der Waals surface area contributed by atoms with Gasteiger partial charge in [0.25, 0.3) is 5.91 Å². The smallest absolute Gasteiger partial charge is 0.450 e. The largest absolute Gasteiger partial charge is 0.506 e. The first kappa shape index (κ1) is 23.8. The standard InChI is InChI=1S/C26H37N3O4S/c1-2-10-34-24-20(23(30)27-19-6-4-3-5-7-19)8-9-21(29-24)28-22-17-11-16-12-18(22)15-26(13-16,14-17)33-25(31)32/h8-9,16-19,22H,2-7,10-15H2,1H3,(H,27,30)(H,28,29)(H,31,32)/t16?,17-,18+,22?,26?. The van der Waals surface area contributed by atoms with Gasteiger partial charge in [0, 0.05) is 12.1 Å². The molecule has 3 unspecified atom stereocenters. The zero-order chi connectivity index (χ0) is 23.7. The number of carboxylic acid groups (broad SMARTS) is 1. The Morgan fingerprint density at radius 1 is 1.15 bits per heavy atom. The van der Waals surface area contributed by atoms with Crippen LogP contribution in [0.1, 0.15) is 87.9 Å². The number of carbonyl (C=O) groups excluding carboxylic acids is 1. The normalized spacial score (nSPS) is 32.4. The molecule has 8 heteroatoms. The fraction of sp³-hybridized carbons (Fsp3) is 0.731. The van der Waals surface area contributed by atoms with Gasteiger partial charge in [-0.15, -0.1) is 11.8 Å². The number of nitrogens with one attached hydrogen (secondary N) is 2. The van der Waals surface area contributed by atoms with Crippen LogP contribution in [0, 0.1) is 17.8 Å². The maximum Gasteiger partial charge on any atom is 0.506 e. The van der Waals surface area contributed by atoms with Crippen molar-refractivity contribution < 1.29 is 19.4 Å². The number of carbonyl (C=O) groups is 2. The Labute approximate surface area is 206 Å². The molecule has 5 aliphatic carbocycles. The molecule has 6 rings (SSSR count). The number of ether oxygens (including phenoxy) is 1. The summed E-state index contributed by atoms with van der Waals surface area (Å²) in [5.41, 5.74) is 0.186. The zero-order valence-corrected chi connectivity index (χ0v) is 20.9. The number of anilines is 1. The summed E-state index contributed by atoms with van der Waals surface area (Å²) in [5.74, 6) is 3.09. The van der Waals surface area contributed by atoms with E-state index in [9.17, 15) is 14.7 Å². The number of hydrogen-bond acceptors (Lipinski definition) is 6. The van der Waals surface area contributed by atoms with E-state index < -0.39 is 11.8 Å². The highest BCUT2D eigenvalue weighted by atomic mass is 32.2. The highest BCUT2D eigenvalue weighted by Gasteiger charge is 2.57. The lowest BCUT2D eigenvalue weighted by molar-refractivity contribution is -0.141. The quantitative estimate of drug-likeness (QED) is 0.319. The van der Waals surface area contributed by atoms with Gasteiger partial charge in [0.2, 0.25) is 0 Å². The molecule has 1 aromatic heterocycles. The van der Waals surface area contributed by atoms with Crippen molar-refractivity contribution >= 4 is 29.6 Å². The van der Waals surface area contributed by atoms with E-state index in [0.717, 1.165) is 68.0 Å². The van der Waals surface area contributed by atoms with E-state index in [0.29, 0.717) is 23.3 Å². The summed E-state index contributed by atoms with van der Waals surface area (Å²) < 4.78 is 5.44. The first-order chi connectivity index (χ1) is 16.4. The molecule has 186 valence electrons. The van der Waals surface area contributed by atoms with E-state index in [1.807, 2.05) is 12.1 Å². The molecule has 1 heterocycles. The van der Waals surface area contributed by atoms with Crippen LogP contribution in [-0.4, -0.2) is 45.6 Å². The van der Waals surface area contributed by atoms with Gasteiger partial charge in [-0.2, -0.15) is 0 Å². The maximum absolute atomic E-state index is 13.1. The molecule has 1 amide bonds. The van der Waals surface area contributed by atoms with Gasteiger partial charge >= 0.3 is 6.16 Å². The summed E-state index contributed by atoms with van der Waals surface area (Å²) in [6, 6.07) is 4.42. The van der Waals surface area contributed by atoms with Gasteiger partial charge in [-0.3, -0.25) is 4.79 Å². The van der Waals surface area contributed by atoms with Crippen LogP contribution in [0.4, 0.5) is 10.6 Å². The third-order valence-electron chi connectivity index (χ3n) is 8.32. The lowest BCUT2D eigenvalue weighted by atomic mass is 9.52. The number of aromatic nitrogens is 1. The van der Waals surface area contributed by atoms with Crippen molar-refractivity contribution in [1.29, 1.82) is 0 Å². The molecule has 5 aliphatic rings. The van der Waals surface area contributed by atoms with Crippen molar-refractivity contribution in [3.8, 4) is 0 Å². The van der Waals surface area contributed by atoms with E-state index in [1.54, 1.807) is 11.8 Å². The Morgan fingerprint density at radius 2 is 1.88 bits per heavy atom. The molecular formula is C26H37N3O4S. The summed E-state index contributed by atoms with van der Waals surface area (Å²) in [4.78, 5) is 29.3. The van der Waals surface area contributed by atoms with Gasteiger partial charge in [-0.1, -0.05) is 26.2 Å². The van der Waals surface area contributed by atoms with Crippen LogP contribution in [0.3, 0.4) is 0 Å². The predicted molar refractivity (Wildman–Crippen MR) is 132 cm³/mol. The third kappa shape index (κ3) is 5.02. The summed E-state index contributed by atoms with van der Waals surface area (Å²) in [6.45, 7) is 2.14. The van der Waals surface area contributed by atoms with Gasteiger partial charge in [-0.25, -0.2) is 9.78 Å². The van der Waals surface area contributed by atoms with Gasteiger partial charge in [-0.05, 0) is 87.0 Å². The molecular weight excluding hydrogens is 450 g/mol. The SMILES string of the molecule is CCCSc1nc(NC2[C@@H]3CC4C[C@H]2CC(OC(=O)O)(C4)C3)ccc1C(=O)NC1CCCCC1. The molecule has 5 atom stereocenters. The summed E-state index contributed by atoms with van der Waals surface area (Å²) in [5, 5.41) is 17.0. The predicted octanol–water partition coefficient (Wildman–Crippen LogP) is 5.70. The first-order valence-electron chi connectivity index (χ1n) is 13.1. The Bertz CT molecular complexity index is 903. The highest BCUT2D eigenvalue weighted by molar-refractivity contribution is 7.99. The number of rotatable bonds is 8. The molecule has 34 heavy (non-hydrogen) atoms. The van der Waals surface area contributed by atoms with Crippen LogP contribution in [0.2, 0.25) is 0 Å². The van der Waals surface area contributed by atoms with E-state index in [4.69, 9.17) is 9.72 Å². The fourth-order valence-corrected chi connectivity index (χ4v) is 8.06. The molecule has 1 aromatic rings. The third-order valence-corrected chi connectivity index (χ3v) is 9.52. The fourth-order valence-electron chi connectivity index (χ4n) is 7.18. The molecule has 0 radical (unpaired) electrons. The van der Waals surface area contributed by atoms with Crippen molar-refractivity contribution in [2.75, 3.05) is 11.1 Å². The van der Waals surface area contributed by atoms with Crippen molar-refractivity contribution in [2.24, 2.45) is 17.8 Å². The Kier molecular flexibility index (Phi) is 6.96. The second-order valence-electron chi connectivity index (χ2n) is 10.9. The second kappa shape index (κ2) is 9.96. The first-order valence-corrected chi connectivity index (χ1v) is 14.1.